The van der Waals surface area contributed by atoms with Gasteiger partial charge in [-0.05, 0) is 101 Å². The van der Waals surface area contributed by atoms with Crippen LogP contribution in [0.1, 0.15) is 219 Å². The van der Waals surface area contributed by atoms with Crippen LogP contribution in [0, 0.1) is 54.7 Å². The van der Waals surface area contributed by atoms with Crippen molar-refractivity contribution in [3.8, 4) is 0 Å². The molecule has 0 bridgehead atoms. The summed E-state index contributed by atoms with van der Waals surface area (Å²) in [6, 6.07) is 0. The highest BCUT2D eigenvalue weighted by atomic mass is 19.1. The Morgan fingerprint density at radius 1 is 0.529 bits per heavy atom. The van der Waals surface area contributed by atoms with E-state index in [9.17, 15) is 4.39 Å². The normalized spacial score (nSPS) is 19.1. The number of hydrogen-bond donors (Lipinski definition) is 0. The molecule has 2 aliphatic carbocycles. The molecule has 0 aromatic heterocycles. The van der Waals surface area contributed by atoms with Crippen LogP contribution in [0.25, 0.3) is 0 Å². The van der Waals surface area contributed by atoms with E-state index in [1.807, 2.05) is 13.8 Å². The van der Waals surface area contributed by atoms with E-state index < -0.39 is 0 Å². The standard InChI is InChI=1S/C8H17F.C8H17NO.2C8H16.2C8H18/c1-7(2,3)8(4,5)6-9;1-8(2,3)9-4-6-10-7-5-9;1-7(2,3)8(4)5-6-8;1-8(2,3)7-5-4-6-7;2*1-7(2,3)8(4,5)6/h6H2,1-5H3;4-7H2,1-3H3;5-6H2,1-4H3;7H,4-6H2,1-3H3;2*1-6H3. The Morgan fingerprint density at radius 3 is 0.902 bits per heavy atom. The van der Waals surface area contributed by atoms with Gasteiger partial charge >= 0.3 is 0 Å². The van der Waals surface area contributed by atoms with Crippen LogP contribution in [0.5, 0.6) is 0 Å². The van der Waals surface area contributed by atoms with E-state index in [1.54, 1.807) is 0 Å². The predicted molar refractivity (Wildman–Crippen MR) is 233 cm³/mol. The molecular weight excluding hydrogens is 626 g/mol. The highest BCUT2D eigenvalue weighted by Gasteiger charge is 2.47. The van der Waals surface area contributed by atoms with Gasteiger partial charge in [0, 0.05) is 18.6 Å². The number of morpholine rings is 1. The van der Waals surface area contributed by atoms with Gasteiger partial charge in [0.25, 0.3) is 0 Å². The molecule has 0 aromatic carbocycles. The monoisotopic (exact) mass is 728 g/mol. The molecule has 312 valence electrons. The number of halogens is 1. The van der Waals surface area contributed by atoms with Gasteiger partial charge in [-0.1, -0.05) is 173 Å². The van der Waals surface area contributed by atoms with Crippen LogP contribution in [0.15, 0.2) is 0 Å². The third-order valence-electron chi connectivity index (χ3n) is 14.0. The fourth-order valence-corrected chi connectivity index (χ4v) is 3.65. The largest absolute Gasteiger partial charge is 0.379 e. The summed E-state index contributed by atoms with van der Waals surface area (Å²) < 4.78 is 17.5. The minimum absolute atomic E-state index is 0.0712. The van der Waals surface area contributed by atoms with Gasteiger partial charge in [-0.25, -0.2) is 0 Å². The quantitative estimate of drug-likeness (QED) is 0.267. The van der Waals surface area contributed by atoms with E-state index in [2.05, 4.69) is 178 Å². The van der Waals surface area contributed by atoms with Gasteiger partial charge in [-0.3, -0.25) is 9.29 Å². The zero-order valence-corrected chi connectivity index (χ0v) is 40.9. The smallest absolute Gasteiger partial charge is 0.0950 e. The Kier molecular flexibility index (Phi) is 21.8. The highest BCUT2D eigenvalue weighted by molar-refractivity contribution is 4.97. The van der Waals surface area contributed by atoms with Crippen molar-refractivity contribution in [2.45, 2.75) is 225 Å². The molecule has 1 heterocycles. The van der Waals surface area contributed by atoms with E-state index in [-0.39, 0.29) is 17.5 Å². The lowest BCUT2D eigenvalue weighted by Crippen LogP contribution is -2.47. The molecule has 3 rings (SSSR count). The van der Waals surface area contributed by atoms with Crippen LogP contribution in [-0.2, 0) is 4.74 Å². The molecule has 0 amide bonds. The number of hydrogen-bond acceptors (Lipinski definition) is 2. The van der Waals surface area contributed by atoms with Crippen molar-refractivity contribution in [2.24, 2.45) is 54.7 Å². The third-order valence-corrected chi connectivity index (χ3v) is 14.0. The number of rotatable bonds is 1. The van der Waals surface area contributed by atoms with Gasteiger partial charge in [-0.2, -0.15) is 0 Å². The van der Waals surface area contributed by atoms with Gasteiger partial charge < -0.3 is 4.74 Å². The second-order valence-electron chi connectivity index (χ2n) is 25.3. The summed E-state index contributed by atoms with van der Waals surface area (Å²) >= 11 is 0. The lowest BCUT2D eigenvalue weighted by atomic mass is 9.69. The number of alkyl halides is 1. The molecular formula is C48H102FNO. The molecule has 0 atom stereocenters. The number of nitrogens with zero attached hydrogens (tertiary/aromatic N) is 1. The van der Waals surface area contributed by atoms with Gasteiger partial charge in [0.1, 0.15) is 0 Å². The van der Waals surface area contributed by atoms with Crippen molar-refractivity contribution in [3.05, 3.63) is 0 Å². The average Bonchev–Trinajstić information content (AvgIpc) is 3.60. The molecule has 0 N–H and O–H groups in total. The van der Waals surface area contributed by atoms with Crippen LogP contribution in [-0.4, -0.2) is 43.4 Å². The summed E-state index contributed by atoms with van der Waals surface area (Å²) in [5.74, 6) is 1.03. The second kappa shape index (κ2) is 20.1. The van der Waals surface area contributed by atoms with Crippen molar-refractivity contribution in [3.63, 3.8) is 0 Å². The molecule has 3 fully saturated rings. The minimum Gasteiger partial charge on any atom is -0.379 e. The van der Waals surface area contributed by atoms with E-state index in [1.165, 1.54) is 32.1 Å². The molecule has 0 unspecified atom stereocenters. The number of ether oxygens (including phenoxy) is 1. The molecule has 0 spiro atoms. The molecule has 51 heavy (non-hydrogen) atoms. The maximum Gasteiger partial charge on any atom is 0.0950 e. The maximum atomic E-state index is 12.3. The maximum absolute atomic E-state index is 12.3. The molecule has 2 nitrogen and oxygen atoms in total. The van der Waals surface area contributed by atoms with Gasteiger partial charge in [0.05, 0.1) is 19.9 Å². The summed E-state index contributed by atoms with van der Waals surface area (Å²) in [7, 11) is 0. The third kappa shape index (κ3) is 23.4. The topological polar surface area (TPSA) is 12.5 Å². The first-order valence-electron chi connectivity index (χ1n) is 20.9. The minimum atomic E-state index is -0.240. The Hall–Kier alpha value is -0.150. The van der Waals surface area contributed by atoms with Crippen LogP contribution in [0.3, 0.4) is 0 Å². The van der Waals surface area contributed by atoms with Crippen molar-refractivity contribution in [1.29, 1.82) is 0 Å². The Bertz CT molecular complexity index is 815. The van der Waals surface area contributed by atoms with E-state index in [0.29, 0.717) is 43.4 Å². The lowest BCUT2D eigenvalue weighted by molar-refractivity contribution is -0.00389. The van der Waals surface area contributed by atoms with Gasteiger partial charge in [0.2, 0.25) is 0 Å². The lowest BCUT2D eigenvalue weighted by Gasteiger charge is -2.38. The van der Waals surface area contributed by atoms with E-state index >= 15 is 0 Å². The molecule has 3 aliphatic rings. The fourth-order valence-electron chi connectivity index (χ4n) is 3.65. The zero-order valence-electron chi connectivity index (χ0n) is 40.9. The summed E-state index contributed by atoms with van der Waals surface area (Å²) in [4.78, 5) is 2.45. The fraction of sp³-hybridized carbons (Fsp3) is 1.00. The molecule has 1 aliphatic heterocycles. The van der Waals surface area contributed by atoms with Crippen molar-refractivity contribution < 1.29 is 9.13 Å². The van der Waals surface area contributed by atoms with Crippen molar-refractivity contribution >= 4 is 0 Å². The molecule has 0 aromatic rings. The molecule has 0 radical (unpaired) electrons. The second-order valence-corrected chi connectivity index (χ2v) is 25.3. The van der Waals surface area contributed by atoms with Gasteiger partial charge in [-0.15, -0.1) is 0 Å². The predicted octanol–water partition coefficient (Wildman–Crippen LogP) is 16.0. The van der Waals surface area contributed by atoms with Crippen LogP contribution in [0.2, 0.25) is 0 Å². The Morgan fingerprint density at radius 2 is 0.843 bits per heavy atom. The average molecular weight is 728 g/mol. The van der Waals surface area contributed by atoms with E-state index in [4.69, 9.17) is 4.74 Å². The first-order valence-corrected chi connectivity index (χ1v) is 20.9. The first-order chi connectivity index (χ1) is 22.0. The molecule has 2 saturated carbocycles. The first kappa shape index (κ1) is 55.2. The van der Waals surface area contributed by atoms with Crippen LogP contribution < -0.4 is 0 Å². The Balaban J connectivity index is -0.000000543. The summed E-state index contributed by atoms with van der Waals surface area (Å²) in [6.45, 7) is 64.2. The van der Waals surface area contributed by atoms with Crippen LogP contribution >= 0.6 is 0 Å². The SMILES string of the molecule is CC(C)(C)C(C)(C)C.CC(C)(C)C(C)(C)C.CC(C)(C)C(C)(C)CF.CC(C)(C)C1(C)CC1.CC(C)(C)C1CCC1.CC(C)(C)N1CCOCC1. The van der Waals surface area contributed by atoms with Gasteiger partial charge in [0.15, 0.2) is 0 Å². The summed E-state index contributed by atoms with van der Waals surface area (Å²) in [6.07, 6.45) is 7.31. The summed E-state index contributed by atoms with van der Waals surface area (Å²) in [5.41, 5.74) is 3.79. The van der Waals surface area contributed by atoms with Crippen molar-refractivity contribution in [1.82, 2.24) is 4.90 Å². The van der Waals surface area contributed by atoms with Crippen molar-refractivity contribution in [2.75, 3.05) is 33.0 Å². The highest BCUT2D eigenvalue weighted by Crippen LogP contribution is 2.57. The molecule has 3 heteroatoms. The summed E-state index contributed by atoms with van der Waals surface area (Å²) in [5, 5.41) is 0. The zero-order chi connectivity index (χ0) is 41.9. The molecule has 1 saturated heterocycles. The Labute approximate surface area is 325 Å². The van der Waals surface area contributed by atoms with Crippen LogP contribution in [0.4, 0.5) is 4.39 Å². The van der Waals surface area contributed by atoms with E-state index in [0.717, 1.165) is 32.2 Å².